The molecule has 1 aromatic rings. The van der Waals surface area contributed by atoms with Crippen molar-refractivity contribution in [3.8, 4) is 11.8 Å². The van der Waals surface area contributed by atoms with Gasteiger partial charge in [0.15, 0.2) is 5.75 Å². The lowest BCUT2D eigenvalue weighted by Gasteiger charge is -2.15. The molecule has 0 unspecified atom stereocenters. The van der Waals surface area contributed by atoms with Gasteiger partial charge >= 0.3 is 5.69 Å². The monoisotopic (exact) mass is 206 g/mol. The first kappa shape index (κ1) is 11.0. The fourth-order valence-corrected chi connectivity index (χ4v) is 1.12. The van der Waals surface area contributed by atoms with Crippen molar-refractivity contribution in [1.29, 1.82) is 5.26 Å². The normalized spacial score (nSPS) is 10.7. The maximum Gasteiger partial charge on any atom is 0.311 e. The number of phenols is 1. The zero-order valence-electron chi connectivity index (χ0n) is 8.39. The summed E-state index contributed by atoms with van der Waals surface area (Å²) in [5, 5.41) is 28.6. The van der Waals surface area contributed by atoms with E-state index in [9.17, 15) is 15.2 Å². The van der Waals surface area contributed by atoms with E-state index in [0.29, 0.717) is 5.56 Å². The van der Waals surface area contributed by atoms with Crippen LogP contribution in [-0.2, 0) is 5.41 Å². The van der Waals surface area contributed by atoms with Crippen LogP contribution in [0.2, 0.25) is 0 Å². The first-order valence-electron chi connectivity index (χ1n) is 4.27. The summed E-state index contributed by atoms with van der Waals surface area (Å²) in [5.41, 5.74) is -0.677. The quantitative estimate of drug-likeness (QED) is 0.592. The predicted molar refractivity (Wildman–Crippen MR) is 53.4 cm³/mol. The largest absolute Gasteiger partial charge is 0.502 e. The van der Waals surface area contributed by atoms with E-state index in [2.05, 4.69) is 0 Å². The minimum Gasteiger partial charge on any atom is -0.502 e. The third-order valence-electron chi connectivity index (χ3n) is 2.17. The van der Waals surface area contributed by atoms with E-state index in [1.165, 1.54) is 18.2 Å². The number of aromatic hydroxyl groups is 1. The van der Waals surface area contributed by atoms with Crippen LogP contribution in [0.3, 0.4) is 0 Å². The Morgan fingerprint density at radius 3 is 2.60 bits per heavy atom. The molecule has 5 nitrogen and oxygen atoms in total. The van der Waals surface area contributed by atoms with Gasteiger partial charge in [0, 0.05) is 6.07 Å². The zero-order valence-corrected chi connectivity index (χ0v) is 8.39. The van der Waals surface area contributed by atoms with Crippen molar-refractivity contribution in [2.75, 3.05) is 0 Å². The maximum absolute atomic E-state index is 10.6. The molecule has 1 aromatic carbocycles. The molecule has 0 spiro atoms. The Bertz CT molecular complexity index is 446. The highest BCUT2D eigenvalue weighted by atomic mass is 16.6. The minimum atomic E-state index is -0.807. The first-order chi connectivity index (χ1) is 6.88. The summed E-state index contributed by atoms with van der Waals surface area (Å²) in [6, 6.07) is 5.99. The highest BCUT2D eigenvalue weighted by Crippen LogP contribution is 2.31. The number of phenolic OH excluding ortho intramolecular Hbond substituents is 1. The molecule has 78 valence electrons. The lowest BCUT2D eigenvalue weighted by atomic mass is 9.86. The number of nitro groups is 1. The molecule has 0 amide bonds. The van der Waals surface area contributed by atoms with Crippen LogP contribution in [0.1, 0.15) is 19.4 Å². The number of hydrogen-bond donors (Lipinski definition) is 1. The number of nitrogens with zero attached hydrogens (tertiary/aromatic N) is 2. The molecular formula is C10H10N2O3. The second-order valence-electron chi connectivity index (χ2n) is 3.70. The lowest BCUT2D eigenvalue weighted by Crippen LogP contribution is -2.13. The van der Waals surface area contributed by atoms with Gasteiger partial charge in [-0.15, -0.1) is 0 Å². The van der Waals surface area contributed by atoms with Crippen LogP contribution in [0.15, 0.2) is 18.2 Å². The summed E-state index contributed by atoms with van der Waals surface area (Å²) in [6.07, 6.45) is 0. The molecule has 0 radical (unpaired) electrons. The van der Waals surface area contributed by atoms with Crippen LogP contribution in [0.25, 0.3) is 0 Å². The van der Waals surface area contributed by atoms with Crippen LogP contribution < -0.4 is 0 Å². The van der Waals surface area contributed by atoms with Gasteiger partial charge in [-0.1, -0.05) is 6.07 Å². The SMILES string of the molecule is CC(C)(C#N)c1ccc(O)c([N+](=O)[O-])c1. The van der Waals surface area contributed by atoms with E-state index in [-0.39, 0.29) is 5.69 Å². The molecule has 0 fully saturated rings. The van der Waals surface area contributed by atoms with Gasteiger partial charge in [-0.05, 0) is 25.5 Å². The van der Waals surface area contributed by atoms with Crippen molar-refractivity contribution in [1.82, 2.24) is 0 Å². The molecule has 5 heteroatoms. The second-order valence-corrected chi connectivity index (χ2v) is 3.70. The summed E-state index contributed by atoms with van der Waals surface area (Å²) < 4.78 is 0. The van der Waals surface area contributed by atoms with E-state index < -0.39 is 16.1 Å². The standard InChI is InChI=1S/C10H10N2O3/c1-10(2,6-11)7-3-4-9(13)8(5-7)12(14)15/h3-5,13H,1-2H3. The van der Waals surface area contributed by atoms with Crippen molar-refractivity contribution in [2.45, 2.75) is 19.3 Å². The van der Waals surface area contributed by atoms with E-state index in [4.69, 9.17) is 5.26 Å². The fourth-order valence-electron chi connectivity index (χ4n) is 1.12. The summed E-state index contributed by atoms with van der Waals surface area (Å²) >= 11 is 0. The molecule has 0 saturated heterocycles. The summed E-state index contributed by atoms with van der Waals surface area (Å²) in [6.45, 7) is 3.31. The molecule has 0 atom stereocenters. The van der Waals surface area contributed by atoms with Gasteiger partial charge in [0.1, 0.15) is 0 Å². The molecule has 0 bridgehead atoms. The van der Waals surface area contributed by atoms with Crippen molar-refractivity contribution < 1.29 is 10.0 Å². The topological polar surface area (TPSA) is 87.2 Å². The Morgan fingerprint density at radius 1 is 1.53 bits per heavy atom. The molecule has 0 aliphatic rings. The molecule has 0 saturated carbocycles. The Labute approximate surface area is 86.7 Å². The molecule has 15 heavy (non-hydrogen) atoms. The highest BCUT2D eigenvalue weighted by Gasteiger charge is 2.24. The maximum atomic E-state index is 10.6. The average molecular weight is 206 g/mol. The Balaban J connectivity index is 3.33. The molecule has 0 aromatic heterocycles. The van der Waals surface area contributed by atoms with Gasteiger partial charge in [-0.2, -0.15) is 5.26 Å². The average Bonchev–Trinajstić information content (AvgIpc) is 2.17. The number of benzene rings is 1. The van der Waals surface area contributed by atoms with Crippen molar-refractivity contribution in [3.05, 3.63) is 33.9 Å². The molecule has 0 aliphatic heterocycles. The number of rotatable bonds is 2. The van der Waals surface area contributed by atoms with Crippen molar-refractivity contribution in [2.24, 2.45) is 0 Å². The summed E-state index contributed by atoms with van der Waals surface area (Å²) in [5.74, 6) is -0.391. The Hall–Kier alpha value is -2.09. The molecule has 1 N–H and O–H groups in total. The van der Waals surface area contributed by atoms with Gasteiger partial charge in [0.2, 0.25) is 0 Å². The molecule has 0 aliphatic carbocycles. The van der Waals surface area contributed by atoms with Crippen LogP contribution >= 0.6 is 0 Å². The smallest absolute Gasteiger partial charge is 0.311 e. The second kappa shape index (κ2) is 3.58. The third kappa shape index (κ3) is 2.05. The molecule has 1 rings (SSSR count). The third-order valence-corrected chi connectivity index (χ3v) is 2.17. The number of nitro benzene ring substituents is 1. The van der Waals surface area contributed by atoms with E-state index in [1.807, 2.05) is 6.07 Å². The van der Waals surface area contributed by atoms with Gasteiger partial charge in [-0.3, -0.25) is 10.1 Å². The highest BCUT2D eigenvalue weighted by molar-refractivity contribution is 5.50. The Morgan fingerprint density at radius 2 is 2.13 bits per heavy atom. The van der Waals surface area contributed by atoms with Gasteiger partial charge in [0.25, 0.3) is 0 Å². The van der Waals surface area contributed by atoms with Crippen molar-refractivity contribution in [3.63, 3.8) is 0 Å². The fraction of sp³-hybridized carbons (Fsp3) is 0.300. The van der Waals surface area contributed by atoms with E-state index in [1.54, 1.807) is 13.8 Å². The summed E-state index contributed by atoms with van der Waals surface area (Å²) in [4.78, 5) is 9.88. The van der Waals surface area contributed by atoms with Gasteiger partial charge in [0.05, 0.1) is 16.4 Å². The van der Waals surface area contributed by atoms with Gasteiger partial charge in [-0.25, -0.2) is 0 Å². The van der Waals surface area contributed by atoms with E-state index >= 15 is 0 Å². The van der Waals surface area contributed by atoms with Crippen LogP contribution in [0, 0.1) is 21.4 Å². The summed E-state index contributed by atoms with van der Waals surface area (Å²) in [7, 11) is 0. The number of hydrogen-bond acceptors (Lipinski definition) is 4. The predicted octanol–water partition coefficient (Wildman–Crippen LogP) is 2.10. The lowest BCUT2D eigenvalue weighted by molar-refractivity contribution is -0.385. The molecule has 0 heterocycles. The Kier molecular flexibility index (Phi) is 2.62. The number of nitriles is 1. The first-order valence-corrected chi connectivity index (χ1v) is 4.27. The van der Waals surface area contributed by atoms with E-state index in [0.717, 1.165) is 0 Å². The van der Waals surface area contributed by atoms with Gasteiger partial charge < -0.3 is 5.11 Å². The van der Waals surface area contributed by atoms with Crippen LogP contribution in [0.5, 0.6) is 5.75 Å². The minimum absolute atomic E-state index is 0.379. The van der Waals surface area contributed by atoms with Crippen molar-refractivity contribution >= 4 is 5.69 Å². The van der Waals surface area contributed by atoms with Crippen LogP contribution in [-0.4, -0.2) is 10.0 Å². The zero-order chi connectivity index (χ0) is 11.6. The van der Waals surface area contributed by atoms with Crippen LogP contribution in [0.4, 0.5) is 5.69 Å². The molecular weight excluding hydrogens is 196 g/mol.